The third-order valence-corrected chi connectivity index (χ3v) is 5.01. The van der Waals surface area contributed by atoms with Crippen molar-refractivity contribution in [3.63, 3.8) is 0 Å². The highest BCUT2D eigenvalue weighted by molar-refractivity contribution is 5.84. The zero-order chi connectivity index (χ0) is 23.3. The molecule has 1 fully saturated rings. The number of aromatic nitrogens is 2. The molecule has 1 saturated heterocycles. The Morgan fingerprint density at radius 1 is 1.25 bits per heavy atom. The Kier molecular flexibility index (Phi) is 7.47. The van der Waals surface area contributed by atoms with Crippen LogP contribution in [0.3, 0.4) is 0 Å². The van der Waals surface area contributed by atoms with Crippen molar-refractivity contribution in [1.29, 1.82) is 0 Å². The van der Waals surface area contributed by atoms with Gasteiger partial charge in [0.25, 0.3) is 0 Å². The van der Waals surface area contributed by atoms with Gasteiger partial charge in [-0.1, -0.05) is 6.58 Å². The molecule has 1 amide bonds. The Labute approximate surface area is 187 Å². The molecule has 0 radical (unpaired) electrons. The normalized spacial score (nSPS) is 13.8. The molecule has 10 heteroatoms. The number of carbonyl (C=O) groups excluding carboxylic acids is 1. The van der Waals surface area contributed by atoms with Crippen LogP contribution in [-0.4, -0.2) is 59.9 Å². The molecule has 0 saturated carbocycles. The first-order chi connectivity index (χ1) is 15.3. The topological polar surface area (TPSA) is 106 Å². The number of hydrogen-bond acceptors (Lipinski definition) is 8. The fourth-order valence-corrected chi connectivity index (χ4v) is 3.42. The molecule has 0 unspecified atom stereocenters. The van der Waals surface area contributed by atoms with Gasteiger partial charge in [0.15, 0.2) is 11.6 Å². The maximum Gasteiger partial charge on any atom is 0.409 e. The van der Waals surface area contributed by atoms with Gasteiger partial charge in [0.1, 0.15) is 12.1 Å². The van der Waals surface area contributed by atoms with Gasteiger partial charge in [0, 0.05) is 49.4 Å². The van der Waals surface area contributed by atoms with Gasteiger partial charge in [-0.2, -0.15) is 0 Å². The number of nitrogens with zero attached hydrogens (tertiary/aromatic N) is 4. The predicted octanol–water partition coefficient (Wildman–Crippen LogP) is 3.03. The summed E-state index contributed by atoms with van der Waals surface area (Å²) in [5.41, 5.74) is 4.56. The number of amides is 1. The van der Waals surface area contributed by atoms with Gasteiger partial charge in [0.05, 0.1) is 24.1 Å². The lowest BCUT2D eigenvalue weighted by Gasteiger charge is -2.34. The van der Waals surface area contributed by atoms with Gasteiger partial charge in [-0.3, -0.25) is 5.84 Å². The first-order valence-corrected chi connectivity index (χ1v) is 10.5. The third-order valence-electron chi connectivity index (χ3n) is 5.01. The molecule has 1 aliphatic heterocycles. The van der Waals surface area contributed by atoms with Crippen molar-refractivity contribution in [3.8, 4) is 5.75 Å². The molecule has 0 spiro atoms. The number of benzene rings is 1. The van der Waals surface area contributed by atoms with E-state index >= 15 is 0 Å². The van der Waals surface area contributed by atoms with Gasteiger partial charge in [-0.05, 0) is 26.8 Å². The molecule has 1 aromatic heterocycles. The van der Waals surface area contributed by atoms with Crippen LogP contribution in [0.5, 0.6) is 5.75 Å². The number of hydrogen-bond donors (Lipinski definition) is 2. The van der Waals surface area contributed by atoms with Crippen molar-refractivity contribution in [2.24, 2.45) is 5.84 Å². The Morgan fingerprint density at radius 2 is 1.97 bits per heavy atom. The highest BCUT2D eigenvalue weighted by Gasteiger charge is 2.23. The van der Waals surface area contributed by atoms with Crippen LogP contribution in [0.1, 0.15) is 32.0 Å². The minimum atomic E-state index is -0.522. The quantitative estimate of drug-likeness (QED) is 0.496. The molecular weight excluding hydrogens is 415 g/mol. The van der Waals surface area contributed by atoms with E-state index in [0.717, 1.165) is 0 Å². The van der Waals surface area contributed by atoms with Crippen molar-refractivity contribution < 1.29 is 18.7 Å². The van der Waals surface area contributed by atoms with E-state index in [2.05, 4.69) is 26.9 Å². The van der Waals surface area contributed by atoms with Crippen molar-refractivity contribution >= 4 is 23.2 Å². The molecule has 1 aliphatic rings. The lowest BCUT2D eigenvalue weighted by molar-refractivity contribution is 0.105. The second-order valence-electron chi connectivity index (χ2n) is 7.55. The van der Waals surface area contributed by atoms with Crippen LogP contribution < -0.4 is 20.9 Å². The number of halogens is 1. The monoisotopic (exact) mass is 444 g/mol. The van der Waals surface area contributed by atoms with Gasteiger partial charge in [0.2, 0.25) is 0 Å². The van der Waals surface area contributed by atoms with Crippen LogP contribution in [0, 0.1) is 5.82 Å². The number of nitrogen functional groups attached to an aromatic ring is 1. The number of nitrogens with two attached hydrogens (primary N) is 1. The van der Waals surface area contributed by atoms with E-state index in [1.165, 1.54) is 12.4 Å². The number of hydrazine groups is 1. The molecule has 0 aliphatic carbocycles. The van der Waals surface area contributed by atoms with E-state index in [-0.39, 0.29) is 17.9 Å². The first-order valence-electron chi connectivity index (χ1n) is 10.5. The average Bonchev–Trinajstić information content (AvgIpc) is 2.79. The zero-order valence-corrected chi connectivity index (χ0v) is 18.6. The fourth-order valence-electron chi connectivity index (χ4n) is 3.42. The van der Waals surface area contributed by atoms with Crippen molar-refractivity contribution in [3.05, 3.63) is 48.2 Å². The maximum atomic E-state index is 14.4. The number of ether oxygens (including phenoxy) is 2. The van der Waals surface area contributed by atoms with Crippen LogP contribution in [0.25, 0.3) is 5.57 Å². The Morgan fingerprint density at radius 3 is 2.59 bits per heavy atom. The summed E-state index contributed by atoms with van der Waals surface area (Å²) in [6, 6.07) is 4.65. The summed E-state index contributed by atoms with van der Waals surface area (Å²) in [5, 5.41) is 0. The van der Waals surface area contributed by atoms with E-state index in [1.54, 1.807) is 17.9 Å². The zero-order valence-electron chi connectivity index (χ0n) is 18.6. The smallest absolute Gasteiger partial charge is 0.409 e. The standard InChI is InChI=1S/C22H29FN6O3/c1-5-31-22(30)29-8-6-28(7-9-29)21-12-18(25-13-26-21)15(4)16-10-20(32-14(2)3)17(23)11-19(16)27-24/h10-14,27H,4-9,24H2,1-3H3. The molecule has 0 bridgehead atoms. The van der Waals surface area contributed by atoms with E-state index in [9.17, 15) is 9.18 Å². The van der Waals surface area contributed by atoms with Crippen LogP contribution in [0.2, 0.25) is 0 Å². The largest absolute Gasteiger partial charge is 0.488 e. The van der Waals surface area contributed by atoms with Gasteiger partial charge >= 0.3 is 6.09 Å². The lowest BCUT2D eigenvalue weighted by atomic mass is 10.0. The predicted molar refractivity (Wildman–Crippen MR) is 121 cm³/mol. The highest BCUT2D eigenvalue weighted by Crippen LogP contribution is 2.33. The summed E-state index contributed by atoms with van der Waals surface area (Å²) >= 11 is 0. The molecular formula is C22H29FN6O3. The van der Waals surface area contributed by atoms with Crippen LogP contribution in [0.4, 0.5) is 20.7 Å². The summed E-state index contributed by atoms with van der Waals surface area (Å²) in [7, 11) is 0. The van der Waals surface area contributed by atoms with E-state index in [1.807, 2.05) is 19.9 Å². The van der Waals surface area contributed by atoms with E-state index in [0.29, 0.717) is 61.1 Å². The van der Waals surface area contributed by atoms with Crippen molar-refractivity contribution in [2.45, 2.75) is 26.9 Å². The number of nitrogens with one attached hydrogen (secondary N) is 1. The van der Waals surface area contributed by atoms with Crippen LogP contribution in [0.15, 0.2) is 31.1 Å². The first kappa shape index (κ1) is 23.3. The molecule has 0 atom stereocenters. The molecule has 32 heavy (non-hydrogen) atoms. The minimum Gasteiger partial charge on any atom is -0.488 e. The Balaban J connectivity index is 1.81. The highest BCUT2D eigenvalue weighted by atomic mass is 19.1. The summed E-state index contributed by atoms with van der Waals surface area (Å²) in [4.78, 5) is 24.4. The fraction of sp³-hybridized carbons (Fsp3) is 0.409. The van der Waals surface area contributed by atoms with Gasteiger partial charge in [-0.25, -0.2) is 19.2 Å². The molecule has 1 aromatic carbocycles. The lowest BCUT2D eigenvalue weighted by Crippen LogP contribution is -2.49. The number of rotatable bonds is 7. The van der Waals surface area contributed by atoms with Gasteiger partial charge in [-0.15, -0.1) is 0 Å². The number of piperazine rings is 1. The van der Waals surface area contributed by atoms with Crippen LogP contribution in [-0.2, 0) is 4.74 Å². The van der Waals surface area contributed by atoms with Crippen LogP contribution >= 0.6 is 0 Å². The Hall–Kier alpha value is -3.40. The molecule has 3 N–H and O–H groups in total. The third kappa shape index (κ3) is 5.25. The molecule has 2 aromatic rings. The average molecular weight is 445 g/mol. The van der Waals surface area contributed by atoms with E-state index < -0.39 is 5.82 Å². The second kappa shape index (κ2) is 10.3. The van der Waals surface area contributed by atoms with E-state index in [4.69, 9.17) is 15.3 Å². The maximum absolute atomic E-state index is 14.4. The number of carbonyl (C=O) groups is 1. The van der Waals surface area contributed by atoms with Crippen molar-refractivity contribution in [1.82, 2.24) is 14.9 Å². The van der Waals surface area contributed by atoms with Gasteiger partial charge < -0.3 is 24.7 Å². The molecule has 3 rings (SSSR count). The summed E-state index contributed by atoms with van der Waals surface area (Å²) in [6.07, 6.45) is 0.959. The summed E-state index contributed by atoms with van der Waals surface area (Å²) in [5.74, 6) is 5.91. The number of anilines is 2. The molecule has 9 nitrogen and oxygen atoms in total. The SMILES string of the molecule is C=C(c1cc(N2CCN(C(=O)OCC)CC2)ncn1)c1cc(OC(C)C)c(F)cc1NN. The molecule has 2 heterocycles. The minimum absolute atomic E-state index is 0.111. The van der Waals surface area contributed by atoms with Crippen molar-refractivity contribution in [2.75, 3.05) is 43.1 Å². The second-order valence-corrected chi connectivity index (χ2v) is 7.55. The summed E-state index contributed by atoms with van der Waals surface area (Å²) < 4.78 is 25.0. The Bertz CT molecular complexity index is 976. The summed E-state index contributed by atoms with van der Waals surface area (Å²) in [6.45, 7) is 12.2. The molecule has 172 valence electrons.